The van der Waals surface area contributed by atoms with Crippen molar-refractivity contribution in [3.8, 4) is 89.0 Å². The van der Waals surface area contributed by atoms with E-state index in [0.29, 0.717) is 0 Å². The zero-order valence-corrected chi connectivity index (χ0v) is 52.4. The summed E-state index contributed by atoms with van der Waals surface area (Å²) in [7, 11) is 0. The third kappa shape index (κ3) is 9.89. The summed E-state index contributed by atoms with van der Waals surface area (Å²) >= 11 is 0. The van der Waals surface area contributed by atoms with Crippen molar-refractivity contribution < 1.29 is 0 Å². The van der Waals surface area contributed by atoms with Gasteiger partial charge in [-0.2, -0.15) is 0 Å². The maximum absolute atomic E-state index is 2.65. The molecule has 0 saturated heterocycles. The van der Waals surface area contributed by atoms with Gasteiger partial charge in [-0.1, -0.05) is 291 Å². The quantitative estimate of drug-likeness (QED) is 0.127. The molecule has 2 heterocycles. The van der Waals surface area contributed by atoms with Crippen LogP contribution < -0.4 is 9.80 Å². The maximum Gasteiger partial charge on any atom is 0.0527 e. The van der Waals surface area contributed by atoms with Crippen molar-refractivity contribution in [3.63, 3.8) is 0 Å². The van der Waals surface area contributed by atoms with Gasteiger partial charge < -0.3 is 9.80 Å². The fourth-order valence-electron chi connectivity index (χ4n) is 15.6. The van der Waals surface area contributed by atoms with Gasteiger partial charge in [-0.05, 0) is 207 Å². The molecule has 0 spiro atoms. The molecular formula is C93H64N2. The fraction of sp³-hybridized carbons (Fsp3) is 0.0323. The van der Waals surface area contributed by atoms with Crippen LogP contribution in [-0.2, 0) is 6.42 Å². The Kier molecular flexibility index (Phi) is 13.8. The second-order valence-electron chi connectivity index (χ2n) is 25.5. The van der Waals surface area contributed by atoms with Gasteiger partial charge in [0.2, 0.25) is 0 Å². The topological polar surface area (TPSA) is 6.48 Å². The molecule has 15 aromatic rings. The summed E-state index contributed by atoms with van der Waals surface area (Å²) < 4.78 is 0. The van der Waals surface area contributed by atoms with Gasteiger partial charge in [0.15, 0.2) is 0 Å². The van der Waals surface area contributed by atoms with Gasteiger partial charge in [0.25, 0.3) is 0 Å². The predicted molar refractivity (Wildman–Crippen MR) is 397 cm³/mol. The minimum absolute atomic E-state index is 0.0672. The monoisotopic (exact) mass is 1210 g/mol. The Bertz CT molecular complexity index is 4940. The molecule has 95 heavy (non-hydrogen) atoms. The van der Waals surface area contributed by atoms with Crippen LogP contribution in [0.15, 0.2) is 364 Å². The molecule has 0 unspecified atom stereocenters. The summed E-state index contributed by atoms with van der Waals surface area (Å²) in [5.74, 6) is -0.301. The smallest absolute Gasteiger partial charge is 0.0527 e. The van der Waals surface area contributed by atoms with E-state index in [9.17, 15) is 0 Å². The normalized spacial score (nSPS) is 12.9. The highest BCUT2D eigenvalue weighted by Crippen LogP contribution is 2.63. The van der Waals surface area contributed by atoms with Gasteiger partial charge in [-0.25, -0.2) is 0 Å². The lowest BCUT2D eigenvalue weighted by Gasteiger charge is -2.46. The van der Waals surface area contributed by atoms with E-state index in [4.69, 9.17) is 0 Å². The number of rotatable bonds is 11. The molecule has 0 saturated carbocycles. The van der Waals surface area contributed by atoms with Crippen LogP contribution >= 0.6 is 0 Å². The standard InChI is InChI=1S/C93H64N2/c1-7-27-62(28-8-1)72-52-73(63-29-9-2-10-30-63)55-77(54-72)94-87-49-47-70(81-43-25-23-41-79(81)66-35-15-5-16-36-66)58-85(87)92-86-59-71(82-44-26-24-42-80(82)67-37-17-6-18-38-67)48-50-88(86)95(78-56-74(64-31-11-3-12-32-64)53-75(57-78)65-33-13-4-14-34-65)90-61-76(60-89(94)93(90)92)91-83-45-21-19-39-68(83)51-69-40-20-22-46-84(69)91/h1-50,52-61,91-92H,51H2. The lowest BCUT2D eigenvalue weighted by Crippen LogP contribution is -2.30. The van der Waals surface area contributed by atoms with Crippen LogP contribution in [0.2, 0.25) is 0 Å². The SMILES string of the molecule is c1ccc(-c2cc(-c3ccccc3)cc(N3c4ccc(-c5ccccc5-c5ccccc5)cc4C4c5cc(-c6ccccc6-c6ccccc6)ccc5N(c5cc(-c6ccccc6)cc(-c6ccccc6)c5)c5cc(C6c7ccccc7Cc7ccccc76)cc3c54)c2)cc1. The first-order valence-electron chi connectivity index (χ1n) is 33.1. The largest absolute Gasteiger partial charge is 0.310 e. The predicted octanol–water partition coefficient (Wildman–Crippen LogP) is 24.9. The third-order valence-corrected chi connectivity index (χ3v) is 20.0. The van der Waals surface area contributed by atoms with E-state index in [1.165, 1.54) is 89.0 Å². The van der Waals surface area contributed by atoms with Crippen LogP contribution in [0.4, 0.5) is 34.1 Å². The molecule has 15 aromatic carbocycles. The molecule has 0 atom stereocenters. The van der Waals surface area contributed by atoms with E-state index < -0.39 is 0 Å². The summed E-state index contributed by atoms with van der Waals surface area (Å²) in [5.41, 5.74) is 35.9. The van der Waals surface area contributed by atoms with Crippen LogP contribution in [0.1, 0.15) is 56.3 Å². The first kappa shape index (κ1) is 55.7. The zero-order valence-electron chi connectivity index (χ0n) is 52.4. The van der Waals surface area contributed by atoms with Gasteiger partial charge >= 0.3 is 0 Å². The third-order valence-electron chi connectivity index (χ3n) is 20.0. The molecular weight excluding hydrogens is 1150 g/mol. The zero-order chi connectivity index (χ0) is 62.8. The van der Waals surface area contributed by atoms with Crippen molar-refractivity contribution >= 4 is 34.1 Å². The number of fused-ring (bicyclic) bond motifs is 6. The molecule has 2 aliphatic heterocycles. The Labute approximate surface area is 556 Å². The molecule has 2 heteroatoms. The van der Waals surface area contributed by atoms with Gasteiger partial charge in [0, 0.05) is 28.8 Å². The first-order chi connectivity index (χ1) is 47.1. The van der Waals surface area contributed by atoms with E-state index in [1.54, 1.807) is 0 Å². The van der Waals surface area contributed by atoms with Crippen LogP contribution in [0.5, 0.6) is 0 Å². The number of hydrogen-bond acceptors (Lipinski definition) is 2. The van der Waals surface area contributed by atoms with Crippen LogP contribution in [0.25, 0.3) is 89.0 Å². The van der Waals surface area contributed by atoms with Gasteiger partial charge in [-0.3, -0.25) is 0 Å². The van der Waals surface area contributed by atoms with E-state index >= 15 is 0 Å². The fourth-order valence-corrected chi connectivity index (χ4v) is 15.6. The Morgan fingerprint density at radius 3 is 0.863 bits per heavy atom. The van der Waals surface area contributed by atoms with Crippen molar-refractivity contribution in [2.45, 2.75) is 18.3 Å². The second-order valence-corrected chi connectivity index (χ2v) is 25.5. The van der Waals surface area contributed by atoms with Crippen LogP contribution in [-0.4, -0.2) is 0 Å². The van der Waals surface area contributed by atoms with Gasteiger partial charge in [-0.15, -0.1) is 0 Å². The van der Waals surface area contributed by atoms with E-state index in [1.807, 2.05) is 0 Å². The molecule has 1 aliphatic carbocycles. The summed E-state index contributed by atoms with van der Waals surface area (Å²) in [4.78, 5) is 5.29. The van der Waals surface area contributed by atoms with Crippen molar-refractivity contribution in [2.24, 2.45) is 0 Å². The number of nitrogens with zero attached hydrogens (tertiary/aromatic N) is 2. The minimum atomic E-state index is -0.234. The van der Waals surface area contributed by atoms with Crippen molar-refractivity contribution in [3.05, 3.63) is 408 Å². The molecule has 0 N–H and O–H groups in total. The molecule has 0 bridgehead atoms. The lowest BCUT2D eigenvalue weighted by atomic mass is 9.71. The summed E-state index contributed by atoms with van der Waals surface area (Å²) in [6, 6.07) is 136. The van der Waals surface area contributed by atoms with Gasteiger partial charge in [0.1, 0.15) is 0 Å². The lowest BCUT2D eigenvalue weighted by molar-refractivity contribution is 0.869. The highest BCUT2D eigenvalue weighted by Gasteiger charge is 2.43. The second kappa shape index (κ2) is 23.5. The highest BCUT2D eigenvalue weighted by molar-refractivity contribution is 6.01. The molecule has 0 amide bonds. The molecule has 0 aromatic heterocycles. The molecule has 446 valence electrons. The Morgan fingerprint density at radius 2 is 0.505 bits per heavy atom. The Morgan fingerprint density at radius 1 is 0.200 bits per heavy atom. The summed E-state index contributed by atoms with van der Waals surface area (Å²) in [5, 5.41) is 0. The minimum Gasteiger partial charge on any atom is -0.310 e. The van der Waals surface area contributed by atoms with Gasteiger partial charge in [0.05, 0.1) is 22.7 Å². The Hall–Kier alpha value is -12.1. The van der Waals surface area contributed by atoms with E-state index in [0.717, 1.165) is 85.1 Å². The van der Waals surface area contributed by atoms with E-state index in [-0.39, 0.29) is 11.8 Å². The van der Waals surface area contributed by atoms with E-state index in [2.05, 4.69) is 374 Å². The number of benzene rings is 15. The maximum atomic E-state index is 2.65. The molecule has 3 aliphatic rings. The molecule has 0 radical (unpaired) electrons. The molecule has 2 nitrogen and oxygen atoms in total. The van der Waals surface area contributed by atoms with Crippen LogP contribution in [0, 0.1) is 0 Å². The average Bonchev–Trinajstić information content (AvgIpc) is 0.699. The molecule has 18 rings (SSSR count). The summed E-state index contributed by atoms with van der Waals surface area (Å²) in [6.45, 7) is 0. The van der Waals surface area contributed by atoms with Crippen molar-refractivity contribution in [1.29, 1.82) is 0 Å². The number of anilines is 6. The van der Waals surface area contributed by atoms with Crippen LogP contribution in [0.3, 0.4) is 0 Å². The Balaban J connectivity index is 0.993. The highest BCUT2D eigenvalue weighted by atomic mass is 15.2. The average molecular weight is 1210 g/mol. The van der Waals surface area contributed by atoms with Crippen molar-refractivity contribution in [1.82, 2.24) is 0 Å². The van der Waals surface area contributed by atoms with Crippen molar-refractivity contribution in [2.75, 3.05) is 9.80 Å². The first-order valence-corrected chi connectivity index (χ1v) is 33.1. The summed E-state index contributed by atoms with van der Waals surface area (Å²) in [6.07, 6.45) is 0.885. The molecule has 0 fully saturated rings. The number of hydrogen-bond donors (Lipinski definition) is 0.